The Balaban J connectivity index is 2.07. The van der Waals surface area contributed by atoms with Crippen LogP contribution in [0.25, 0.3) is 0 Å². The molecule has 20 nitrogen and oxygen atoms in total. The summed E-state index contributed by atoms with van der Waals surface area (Å²) in [7, 11) is -9.68. The molecule has 1 aliphatic heterocycles. The van der Waals surface area contributed by atoms with Gasteiger partial charge in [-0.05, 0) is 26.0 Å². The van der Waals surface area contributed by atoms with Gasteiger partial charge in [-0.15, -0.1) is 8.61 Å². The fourth-order valence-corrected chi connectivity index (χ4v) is 6.35. The Kier molecular flexibility index (Phi) is 8.19. The second-order valence-electron chi connectivity index (χ2n) is 8.38. The van der Waals surface area contributed by atoms with Gasteiger partial charge in [-0.25, -0.2) is 37.1 Å². The van der Waals surface area contributed by atoms with Crippen molar-refractivity contribution < 1.29 is 36.7 Å². The number of nitro groups is 4. The first-order valence-electron chi connectivity index (χ1n) is 10.8. The van der Waals surface area contributed by atoms with E-state index in [2.05, 4.69) is 0 Å². The predicted molar refractivity (Wildman–Crippen MR) is 131 cm³/mol. The van der Waals surface area contributed by atoms with Crippen molar-refractivity contribution >= 4 is 31.4 Å². The monoisotopic (exact) mass is 604 g/mol. The highest BCUT2D eigenvalue weighted by molar-refractivity contribution is 7.89. The largest absolute Gasteiger partial charge is 0.273 e. The van der Waals surface area contributed by atoms with Crippen LogP contribution in [-0.4, -0.2) is 82.0 Å². The third kappa shape index (κ3) is 5.88. The highest BCUT2D eigenvalue weighted by Gasteiger charge is 2.42. The van der Waals surface area contributed by atoms with Gasteiger partial charge >= 0.3 is 0 Å². The van der Waals surface area contributed by atoms with Crippen LogP contribution >= 0.6 is 0 Å². The van der Waals surface area contributed by atoms with Gasteiger partial charge in [0.25, 0.3) is 11.4 Å². The van der Waals surface area contributed by atoms with Crippen molar-refractivity contribution in [1.82, 2.24) is 18.6 Å². The van der Waals surface area contributed by atoms with Crippen LogP contribution in [0, 0.1) is 54.3 Å². The molecule has 0 aliphatic carbocycles. The highest BCUT2D eigenvalue weighted by atomic mass is 32.2. The minimum Gasteiger partial charge on any atom is -0.258 e. The average molecular weight is 605 g/mol. The molecule has 0 radical (unpaired) electrons. The minimum absolute atomic E-state index is 0.104. The van der Waals surface area contributed by atoms with E-state index in [4.69, 9.17) is 0 Å². The molecule has 0 unspecified atom stereocenters. The summed E-state index contributed by atoms with van der Waals surface area (Å²) < 4.78 is 53.8. The summed E-state index contributed by atoms with van der Waals surface area (Å²) in [6.07, 6.45) is 0. The second kappa shape index (κ2) is 10.9. The van der Waals surface area contributed by atoms with Crippen molar-refractivity contribution in [2.24, 2.45) is 0 Å². The third-order valence-corrected chi connectivity index (χ3v) is 9.30. The summed E-state index contributed by atoms with van der Waals surface area (Å²) in [5.41, 5.74) is -0.968. The molecule has 40 heavy (non-hydrogen) atoms. The minimum atomic E-state index is -4.84. The van der Waals surface area contributed by atoms with Crippen LogP contribution in [0.4, 0.5) is 11.4 Å². The highest BCUT2D eigenvalue weighted by Crippen LogP contribution is 2.28. The number of sulfonamides is 2. The third-order valence-electron chi connectivity index (χ3n) is 5.78. The van der Waals surface area contributed by atoms with Gasteiger partial charge < -0.3 is 0 Å². The van der Waals surface area contributed by atoms with Gasteiger partial charge in [0.15, 0.2) is 10.1 Å². The van der Waals surface area contributed by atoms with E-state index in [0.717, 1.165) is 24.3 Å². The van der Waals surface area contributed by atoms with Crippen molar-refractivity contribution in [3.8, 4) is 0 Å². The van der Waals surface area contributed by atoms with Crippen LogP contribution in [0.3, 0.4) is 0 Å². The van der Waals surface area contributed by atoms with Crippen LogP contribution in [0.2, 0.25) is 0 Å². The maximum absolute atomic E-state index is 13.3. The smallest absolute Gasteiger partial charge is 0.258 e. The molecule has 0 aromatic heterocycles. The zero-order valence-electron chi connectivity index (χ0n) is 20.6. The maximum atomic E-state index is 13.3. The van der Waals surface area contributed by atoms with E-state index in [1.165, 1.54) is 13.8 Å². The van der Waals surface area contributed by atoms with Gasteiger partial charge in [-0.1, -0.05) is 22.2 Å². The fraction of sp³-hybridized carbons (Fsp3) is 0.333. The molecule has 0 saturated carbocycles. The molecule has 1 fully saturated rings. The number of aryl methyl sites for hydroxylation is 2. The van der Waals surface area contributed by atoms with Gasteiger partial charge in [0, 0.05) is 23.3 Å². The molecular formula is C18H20N8O12S2. The van der Waals surface area contributed by atoms with Crippen molar-refractivity contribution in [3.63, 3.8) is 0 Å². The van der Waals surface area contributed by atoms with Crippen LogP contribution in [0.15, 0.2) is 46.2 Å². The van der Waals surface area contributed by atoms with E-state index >= 15 is 0 Å². The predicted octanol–water partition coefficient (Wildman–Crippen LogP) is 0.632. The molecule has 2 aromatic carbocycles. The fourth-order valence-electron chi connectivity index (χ4n) is 3.61. The van der Waals surface area contributed by atoms with E-state index in [9.17, 15) is 57.3 Å². The van der Waals surface area contributed by atoms with Crippen molar-refractivity contribution in [1.29, 1.82) is 0 Å². The summed E-state index contributed by atoms with van der Waals surface area (Å²) >= 11 is 0. The first kappa shape index (κ1) is 30.0. The Bertz CT molecular complexity index is 1480. The zero-order valence-corrected chi connectivity index (χ0v) is 22.2. The van der Waals surface area contributed by atoms with E-state index in [-0.39, 0.29) is 29.8 Å². The van der Waals surface area contributed by atoms with E-state index in [0.29, 0.717) is 12.1 Å². The first-order chi connectivity index (χ1) is 18.5. The van der Waals surface area contributed by atoms with Crippen molar-refractivity contribution in [2.45, 2.75) is 23.6 Å². The summed E-state index contributed by atoms with van der Waals surface area (Å²) in [6, 6.07) is 5.56. The molecule has 0 amide bonds. The van der Waals surface area contributed by atoms with Gasteiger partial charge in [0.1, 0.15) is 26.7 Å². The number of nitro benzene ring substituents is 2. The molecule has 0 N–H and O–H groups in total. The molecule has 0 atom stereocenters. The lowest BCUT2D eigenvalue weighted by molar-refractivity contribution is -0.681. The van der Waals surface area contributed by atoms with Gasteiger partial charge in [0.05, 0.1) is 19.6 Å². The molecular weight excluding hydrogens is 584 g/mol. The number of hydrogen-bond acceptors (Lipinski definition) is 12. The number of hydrazine groups is 2. The van der Waals surface area contributed by atoms with Crippen LogP contribution in [-0.2, 0) is 20.0 Å². The van der Waals surface area contributed by atoms with E-state index < -0.39 is 87.8 Å². The quantitative estimate of drug-likeness (QED) is 0.296. The van der Waals surface area contributed by atoms with E-state index in [1.807, 2.05) is 0 Å². The Hall–Kier alpha value is -4.54. The first-order valence-corrected chi connectivity index (χ1v) is 13.6. The zero-order chi connectivity index (χ0) is 30.2. The molecule has 216 valence electrons. The lowest BCUT2D eigenvalue weighted by atomic mass is 10.2. The molecule has 2 aromatic rings. The summed E-state index contributed by atoms with van der Waals surface area (Å²) in [5, 5.41) is 44.2. The van der Waals surface area contributed by atoms with Gasteiger partial charge in [-0.3, -0.25) is 20.2 Å². The summed E-state index contributed by atoms with van der Waals surface area (Å²) in [6.45, 7) is -2.15. The normalized spacial score (nSPS) is 15.8. The van der Waals surface area contributed by atoms with Crippen LogP contribution < -0.4 is 0 Å². The summed E-state index contributed by atoms with van der Waals surface area (Å²) in [4.78, 5) is 43.1. The lowest BCUT2D eigenvalue weighted by Gasteiger charge is -2.34. The molecule has 0 bridgehead atoms. The van der Waals surface area contributed by atoms with Crippen molar-refractivity contribution in [2.75, 3.05) is 26.7 Å². The Morgan fingerprint density at radius 1 is 0.600 bits per heavy atom. The van der Waals surface area contributed by atoms with Gasteiger partial charge in [-0.2, -0.15) is 0 Å². The van der Waals surface area contributed by atoms with E-state index in [1.54, 1.807) is 0 Å². The Labute approximate surface area is 225 Å². The Morgan fingerprint density at radius 3 is 1.15 bits per heavy atom. The molecule has 22 heteroatoms. The Morgan fingerprint density at radius 2 is 0.900 bits per heavy atom. The van der Waals surface area contributed by atoms with Crippen LogP contribution in [0.1, 0.15) is 11.1 Å². The maximum Gasteiger partial charge on any atom is 0.273 e. The molecule has 1 saturated heterocycles. The number of nitrogens with zero attached hydrogens (tertiary/aromatic N) is 8. The number of benzene rings is 2. The topological polar surface area (TPSA) is 254 Å². The molecule has 1 aliphatic rings. The standard InChI is InChI=1S/C18H20N8O12S2/c1-13-3-5-15(7-17(13)23(27)28)39(35,36)21-9-19(25(31)32)11-22(12-20(10-21)26(33)34)40(37,38)16-6-4-14(2)18(8-16)24(29)30/h3-8H,9-12H2,1-2H3. The lowest BCUT2D eigenvalue weighted by Crippen LogP contribution is -2.59. The van der Waals surface area contributed by atoms with Crippen LogP contribution in [0.5, 0.6) is 0 Å². The SMILES string of the molecule is Cc1ccc(S(=O)(=O)N2CN([N+](=O)[O-])CN(S(=O)(=O)c3ccc(C)c([N+](=O)[O-])c3)CN([N+](=O)[O-])C2)cc1[N+](=O)[O-]. The molecule has 3 rings (SSSR count). The second-order valence-corrected chi connectivity index (χ2v) is 12.3. The number of rotatable bonds is 8. The van der Waals surface area contributed by atoms with Crippen molar-refractivity contribution in [3.05, 3.63) is 88.0 Å². The molecule has 0 spiro atoms. The average Bonchev–Trinajstić information content (AvgIpc) is 2.83. The summed E-state index contributed by atoms with van der Waals surface area (Å²) in [5.74, 6) is 0. The van der Waals surface area contributed by atoms with Gasteiger partial charge in [0.2, 0.25) is 20.0 Å². The molecule has 1 heterocycles. The number of hydrogen-bond donors (Lipinski definition) is 0.